The SMILES string of the molecule is C=CCOC(=O)C1=C(C)NC(SCC(=O)Nc2cccc(C)c2)=C(C#N)[C@H]1c1cccs1. The van der Waals surface area contributed by atoms with Crippen LogP contribution in [0.3, 0.4) is 0 Å². The van der Waals surface area contributed by atoms with Crippen molar-refractivity contribution in [1.29, 1.82) is 5.26 Å². The third-order valence-corrected chi connectivity index (χ3v) is 6.63. The summed E-state index contributed by atoms with van der Waals surface area (Å²) in [6.07, 6.45) is 1.50. The number of carbonyl (C=O) groups excluding carboxylic acids is 2. The highest BCUT2D eigenvalue weighted by Crippen LogP contribution is 2.42. The molecule has 1 amide bonds. The molecule has 2 heterocycles. The van der Waals surface area contributed by atoms with Crippen LogP contribution in [-0.4, -0.2) is 24.2 Å². The van der Waals surface area contributed by atoms with Crippen molar-refractivity contribution in [3.63, 3.8) is 0 Å². The van der Waals surface area contributed by atoms with Gasteiger partial charge in [-0.05, 0) is 43.0 Å². The Hall–Kier alpha value is -3.28. The van der Waals surface area contributed by atoms with Crippen molar-refractivity contribution in [1.82, 2.24) is 5.32 Å². The van der Waals surface area contributed by atoms with Crippen LogP contribution in [-0.2, 0) is 14.3 Å². The lowest BCUT2D eigenvalue weighted by Crippen LogP contribution is -2.29. The Morgan fingerprint density at radius 3 is 2.81 bits per heavy atom. The first-order valence-corrected chi connectivity index (χ1v) is 11.7. The first-order valence-electron chi connectivity index (χ1n) is 9.87. The van der Waals surface area contributed by atoms with Gasteiger partial charge in [0.2, 0.25) is 5.91 Å². The van der Waals surface area contributed by atoms with Crippen LogP contribution in [0, 0.1) is 18.3 Å². The van der Waals surface area contributed by atoms with E-state index in [9.17, 15) is 14.9 Å². The Kier molecular flexibility index (Phi) is 7.92. The van der Waals surface area contributed by atoms with Crippen molar-refractivity contribution in [2.75, 3.05) is 17.7 Å². The fraction of sp³-hybridized carbons (Fsp3) is 0.208. The van der Waals surface area contributed by atoms with E-state index in [1.54, 1.807) is 6.92 Å². The van der Waals surface area contributed by atoms with Gasteiger partial charge in [0.25, 0.3) is 0 Å². The zero-order valence-electron chi connectivity index (χ0n) is 17.8. The monoisotopic (exact) mass is 465 g/mol. The minimum Gasteiger partial charge on any atom is -0.458 e. The molecule has 0 fully saturated rings. The number of benzene rings is 1. The lowest BCUT2D eigenvalue weighted by Gasteiger charge is -2.28. The van der Waals surface area contributed by atoms with Gasteiger partial charge in [0.05, 0.1) is 33.9 Å². The number of esters is 1. The summed E-state index contributed by atoms with van der Waals surface area (Å²) in [5.74, 6) is -1.12. The predicted octanol–water partition coefficient (Wildman–Crippen LogP) is 4.85. The molecule has 0 bridgehead atoms. The number of thiophene rings is 1. The topological polar surface area (TPSA) is 91.2 Å². The molecule has 0 saturated carbocycles. The van der Waals surface area contributed by atoms with E-state index in [4.69, 9.17) is 4.74 Å². The minimum atomic E-state index is -0.555. The van der Waals surface area contributed by atoms with Gasteiger partial charge in [-0.2, -0.15) is 5.26 Å². The normalized spacial score (nSPS) is 15.6. The van der Waals surface area contributed by atoms with Gasteiger partial charge in [0.15, 0.2) is 0 Å². The van der Waals surface area contributed by atoms with Gasteiger partial charge >= 0.3 is 5.97 Å². The van der Waals surface area contributed by atoms with Crippen LogP contribution in [0.5, 0.6) is 0 Å². The average molecular weight is 466 g/mol. The second-order valence-electron chi connectivity index (χ2n) is 7.06. The molecule has 164 valence electrons. The van der Waals surface area contributed by atoms with Crippen LogP contribution in [0.15, 0.2) is 76.3 Å². The van der Waals surface area contributed by atoms with Crippen LogP contribution in [0.4, 0.5) is 5.69 Å². The van der Waals surface area contributed by atoms with E-state index in [1.807, 2.05) is 48.7 Å². The number of anilines is 1. The second-order valence-corrected chi connectivity index (χ2v) is 9.03. The number of hydrogen-bond acceptors (Lipinski definition) is 7. The molecule has 0 unspecified atom stereocenters. The highest BCUT2D eigenvalue weighted by atomic mass is 32.2. The molecule has 1 aliphatic heterocycles. The third-order valence-electron chi connectivity index (χ3n) is 4.68. The smallest absolute Gasteiger partial charge is 0.337 e. The molecule has 2 aromatic rings. The van der Waals surface area contributed by atoms with Gasteiger partial charge in [-0.25, -0.2) is 4.79 Å². The number of dihydropyridines is 1. The zero-order valence-corrected chi connectivity index (χ0v) is 19.4. The summed E-state index contributed by atoms with van der Waals surface area (Å²) in [4.78, 5) is 26.1. The number of aryl methyl sites for hydroxylation is 1. The van der Waals surface area contributed by atoms with Crippen LogP contribution >= 0.6 is 23.1 Å². The molecule has 6 nitrogen and oxygen atoms in total. The van der Waals surface area contributed by atoms with Gasteiger partial charge in [0, 0.05) is 16.3 Å². The molecule has 1 aliphatic rings. The maximum Gasteiger partial charge on any atom is 0.337 e. The number of carbonyl (C=O) groups is 2. The van der Waals surface area contributed by atoms with Crippen molar-refractivity contribution in [2.24, 2.45) is 0 Å². The van der Waals surface area contributed by atoms with E-state index in [0.717, 1.165) is 16.1 Å². The summed E-state index contributed by atoms with van der Waals surface area (Å²) < 4.78 is 5.28. The van der Waals surface area contributed by atoms with Crippen LogP contribution < -0.4 is 10.6 Å². The van der Waals surface area contributed by atoms with Gasteiger partial charge in [-0.15, -0.1) is 11.3 Å². The molecule has 0 spiro atoms. The summed E-state index contributed by atoms with van der Waals surface area (Å²) in [7, 11) is 0. The zero-order chi connectivity index (χ0) is 23.1. The maximum absolute atomic E-state index is 12.8. The molecule has 2 N–H and O–H groups in total. The molecular formula is C24H23N3O3S2. The summed E-state index contributed by atoms with van der Waals surface area (Å²) in [6, 6.07) is 13.6. The Bertz CT molecular complexity index is 1130. The second kappa shape index (κ2) is 10.8. The molecule has 0 saturated heterocycles. The standard InChI is InChI=1S/C24H23N3O3S2/c1-4-10-30-24(29)21-16(3)26-23(18(13-25)22(21)19-9-6-11-31-19)32-14-20(28)27-17-8-5-7-15(2)12-17/h4-9,11-12,22,26H,1,10,14H2,2-3H3,(H,27,28)/t22-/m0/s1. The van der Waals surface area contributed by atoms with Crippen molar-refractivity contribution < 1.29 is 14.3 Å². The number of hydrogen-bond donors (Lipinski definition) is 2. The maximum atomic E-state index is 12.8. The number of amides is 1. The van der Waals surface area contributed by atoms with Gasteiger partial charge in [-0.1, -0.05) is 42.6 Å². The van der Waals surface area contributed by atoms with Crippen molar-refractivity contribution in [3.05, 3.63) is 86.7 Å². The van der Waals surface area contributed by atoms with E-state index in [-0.39, 0.29) is 18.3 Å². The van der Waals surface area contributed by atoms with Crippen molar-refractivity contribution in [2.45, 2.75) is 19.8 Å². The molecule has 1 aromatic carbocycles. The number of rotatable bonds is 8. The summed E-state index contributed by atoms with van der Waals surface area (Å²) >= 11 is 2.70. The molecule has 0 radical (unpaired) electrons. The largest absolute Gasteiger partial charge is 0.458 e. The summed E-state index contributed by atoms with van der Waals surface area (Å²) in [6.45, 7) is 7.38. The number of ether oxygens (including phenoxy) is 1. The number of nitrogens with zero attached hydrogens (tertiary/aromatic N) is 1. The highest BCUT2D eigenvalue weighted by Gasteiger charge is 2.36. The first kappa shape index (κ1) is 23.4. The molecule has 1 atom stereocenters. The highest BCUT2D eigenvalue weighted by molar-refractivity contribution is 8.03. The number of nitrogens with one attached hydrogen (secondary N) is 2. The quantitative estimate of drug-likeness (QED) is 0.428. The Balaban J connectivity index is 1.84. The predicted molar refractivity (Wildman–Crippen MR) is 129 cm³/mol. The lowest BCUT2D eigenvalue weighted by molar-refractivity contribution is -0.138. The fourth-order valence-corrected chi connectivity index (χ4v) is 5.04. The van der Waals surface area contributed by atoms with Gasteiger partial charge in [-0.3, -0.25) is 4.79 Å². The molecular weight excluding hydrogens is 442 g/mol. The molecule has 1 aromatic heterocycles. The molecule has 32 heavy (non-hydrogen) atoms. The Morgan fingerprint density at radius 1 is 1.34 bits per heavy atom. The Morgan fingerprint density at radius 2 is 2.16 bits per heavy atom. The van der Waals surface area contributed by atoms with Crippen molar-refractivity contribution in [3.8, 4) is 6.07 Å². The van der Waals surface area contributed by atoms with E-state index in [0.29, 0.717) is 21.9 Å². The third kappa shape index (κ3) is 5.49. The summed E-state index contributed by atoms with van der Waals surface area (Å²) in [5, 5.41) is 18.4. The summed E-state index contributed by atoms with van der Waals surface area (Å²) in [5.41, 5.74) is 3.14. The van der Waals surface area contributed by atoms with E-state index in [1.165, 1.54) is 29.2 Å². The number of thioether (sulfide) groups is 1. The van der Waals surface area contributed by atoms with Gasteiger partial charge in [0.1, 0.15) is 6.61 Å². The van der Waals surface area contributed by atoms with E-state index >= 15 is 0 Å². The lowest BCUT2D eigenvalue weighted by atomic mass is 9.87. The van der Waals surface area contributed by atoms with E-state index in [2.05, 4.69) is 23.3 Å². The number of nitriles is 1. The number of allylic oxidation sites excluding steroid dienone is 2. The van der Waals surface area contributed by atoms with Crippen LogP contribution in [0.25, 0.3) is 0 Å². The van der Waals surface area contributed by atoms with Crippen LogP contribution in [0.1, 0.15) is 23.3 Å². The Labute approximate surface area is 195 Å². The molecule has 0 aliphatic carbocycles. The first-order chi connectivity index (χ1) is 15.4. The fourth-order valence-electron chi connectivity index (χ4n) is 3.31. The van der Waals surface area contributed by atoms with E-state index < -0.39 is 11.9 Å². The van der Waals surface area contributed by atoms with Crippen molar-refractivity contribution >= 4 is 40.7 Å². The molecule has 8 heteroatoms. The van der Waals surface area contributed by atoms with Crippen LogP contribution in [0.2, 0.25) is 0 Å². The van der Waals surface area contributed by atoms with Gasteiger partial charge < -0.3 is 15.4 Å². The minimum absolute atomic E-state index is 0.0825. The average Bonchev–Trinajstić information content (AvgIpc) is 3.30. The molecule has 3 rings (SSSR count).